The molecule has 0 N–H and O–H groups in total. The summed E-state index contributed by atoms with van der Waals surface area (Å²) in [4.78, 5) is 0. The Morgan fingerprint density at radius 3 is 1.33 bits per heavy atom. The Bertz CT molecular complexity index is 2310. The summed E-state index contributed by atoms with van der Waals surface area (Å²) >= 11 is 0. The molecule has 46 heavy (non-hydrogen) atoms. The van der Waals surface area contributed by atoms with Crippen LogP contribution >= 0.6 is 0 Å². The van der Waals surface area contributed by atoms with Gasteiger partial charge in [0, 0.05) is 0 Å². The van der Waals surface area contributed by atoms with Crippen molar-refractivity contribution in [2.24, 2.45) is 0 Å². The molecule has 0 heteroatoms. The van der Waals surface area contributed by atoms with E-state index < -0.39 is 0 Å². The Morgan fingerprint density at radius 2 is 0.804 bits per heavy atom. The second-order valence-electron chi connectivity index (χ2n) is 17.9. The van der Waals surface area contributed by atoms with Crippen molar-refractivity contribution >= 4 is 53.9 Å². The summed E-state index contributed by atoms with van der Waals surface area (Å²) < 4.78 is 0. The lowest BCUT2D eigenvalue weighted by Crippen LogP contribution is -2.30. The molecule has 0 aliphatic rings. The van der Waals surface area contributed by atoms with Crippen LogP contribution in [0, 0.1) is 0 Å². The van der Waals surface area contributed by atoms with Crippen molar-refractivity contribution < 1.29 is 0 Å². The third-order valence-corrected chi connectivity index (χ3v) is 10.1. The molecule has 0 spiro atoms. The summed E-state index contributed by atoms with van der Waals surface area (Å²) in [5, 5.41) is 13.6. The number of fused-ring (bicyclic) bond motifs is 3. The van der Waals surface area contributed by atoms with Crippen molar-refractivity contribution in [2.45, 2.75) is 105 Å². The summed E-state index contributed by atoms with van der Waals surface area (Å²) in [6, 6.07) is 32.6. The standard InChI is InChI=1S/C46H50/c1-43(2,3)35-24-16-23-33-38(40(44(4,5)6)42(46(10,11)12)41(39(33)35)45(7,8)9)29-25-28-19-15-21-31-30-20-13-17-27-18-14-22-32(36(27)30)34(26-29)37(28)31/h13-26H,1-12H3. The lowest BCUT2D eigenvalue weighted by Gasteiger charge is -2.41. The molecule has 0 aliphatic carbocycles. The first-order chi connectivity index (χ1) is 21.4. The van der Waals surface area contributed by atoms with Gasteiger partial charge in [-0.3, -0.25) is 0 Å². The van der Waals surface area contributed by atoms with E-state index in [9.17, 15) is 0 Å². The molecule has 0 radical (unpaired) electrons. The van der Waals surface area contributed by atoms with Crippen molar-refractivity contribution in [3.8, 4) is 11.1 Å². The molecule has 7 rings (SSSR count). The van der Waals surface area contributed by atoms with Gasteiger partial charge in [-0.05, 0) is 121 Å². The van der Waals surface area contributed by atoms with Gasteiger partial charge in [-0.2, -0.15) is 0 Å². The van der Waals surface area contributed by atoms with E-state index in [1.54, 1.807) is 0 Å². The molecule has 0 aromatic heterocycles. The largest absolute Gasteiger partial charge is 0.0613 e. The molecule has 0 atom stereocenters. The van der Waals surface area contributed by atoms with Gasteiger partial charge in [0.2, 0.25) is 0 Å². The van der Waals surface area contributed by atoms with Gasteiger partial charge in [-0.25, -0.2) is 0 Å². The Labute approximate surface area is 276 Å². The van der Waals surface area contributed by atoms with Crippen LogP contribution in [0.1, 0.15) is 105 Å². The molecule has 0 saturated carbocycles. The van der Waals surface area contributed by atoms with Crippen LogP contribution in [0.5, 0.6) is 0 Å². The van der Waals surface area contributed by atoms with Crippen molar-refractivity contribution in [3.63, 3.8) is 0 Å². The molecule has 7 aromatic carbocycles. The lowest BCUT2D eigenvalue weighted by molar-refractivity contribution is 0.501. The molecule has 0 heterocycles. The first-order valence-corrected chi connectivity index (χ1v) is 17.1. The van der Waals surface area contributed by atoms with Crippen LogP contribution < -0.4 is 0 Å². The minimum atomic E-state index is -0.0788. The zero-order valence-electron chi connectivity index (χ0n) is 30.1. The normalized spacial score (nSPS) is 13.7. The maximum Gasteiger partial charge on any atom is -0.00259 e. The fourth-order valence-corrected chi connectivity index (χ4v) is 8.51. The van der Waals surface area contributed by atoms with Crippen molar-refractivity contribution in [2.75, 3.05) is 0 Å². The predicted molar refractivity (Wildman–Crippen MR) is 205 cm³/mol. The van der Waals surface area contributed by atoms with Crippen LogP contribution in [-0.4, -0.2) is 0 Å². The molecule has 0 fully saturated rings. The Kier molecular flexibility index (Phi) is 6.55. The van der Waals surface area contributed by atoms with Crippen molar-refractivity contribution in [1.82, 2.24) is 0 Å². The monoisotopic (exact) mass is 602 g/mol. The smallest absolute Gasteiger partial charge is 0.00259 e. The van der Waals surface area contributed by atoms with E-state index in [0.29, 0.717) is 0 Å². The fourth-order valence-electron chi connectivity index (χ4n) is 8.51. The second kappa shape index (κ2) is 9.80. The van der Waals surface area contributed by atoms with Crippen LogP contribution in [0.15, 0.2) is 84.9 Å². The topological polar surface area (TPSA) is 0 Å². The average Bonchev–Trinajstić information content (AvgIpc) is 2.95. The van der Waals surface area contributed by atoms with Crippen LogP contribution in [-0.2, 0) is 21.7 Å². The number of hydrogen-bond donors (Lipinski definition) is 0. The fraction of sp³-hybridized carbons (Fsp3) is 0.348. The molecule has 7 aromatic rings. The summed E-state index contributed by atoms with van der Waals surface area (Å²) in [7, 11) is 0. The predicted octanol–water partition coefficient (Wildman–Crippen LogP) is 13.7. The van der Waals surface area contributed by atoms with E-state index in [2.05, 4.69) is 168 Å². The van der Waals surface area contributed by atoms with E-state index >= 15 is 0 Å². The maximum absolute atomic E-state index is 2.54. The quantitative estimate of drug-likeness (QED) is 0.129. The molecule has 234 valence electrons. The third-order valence-electron chi connectivity index (χ3n) is 10.1. The molecule has 0 bridgehead atoms. The Morgan fingerprint density at radius 1 is 0.348 bits per heavy atom. The van der Waals surface area contributed by atoms with Gasteiger partial charge in [-0.1, -0.05) is 156 Å². The maximum atomic E-state index is 2.54. The molecule has 0 saturated heterocycles. The first kappa shape index (κ1) is 30.7. The highest BCUT2D eigenvalue weighted by atomic mass is 14.4. The van der Waals surface area contributed by atoms with Gasteiger partial charge in [0.1, 0.15) is 0 Å². The summed E-state index contributed by atoms with van der Waals surface area (Å²) in [5.41, 5.74) is 8.50. The van der Waals surface area contributed by atoms with Gasteiger partial charge in [0.25, 0.3) is 0 Å². The van der Waals surface area contributed by atoms with Gasteiger partial charge >= 0.3 is 0 Å². The van der Waals surface area contributed by atoms with Crippen molar-refractivity contribution in [1.29, 1.82) is 0 Å². The molecular formula is C46H50. The zero-order chi connectivity index (χ0) is 33.1. The highest BCUT2D eigenvalue weighted by Crippen LogP contribution is 2.53. The highest BCUT2D eigenvalue weighted by molar-refractivity contribution is 6.33. The zero-order valence-corrected chi connectivity index (χ0v) is 30.1. The van der Waals surface area contributed by atoms with Crippen molar-refractivity contribution in [3.05, 3.63) is 107 Å². The Hall–Kier alpha value is -3.90. The van der Waals surface area contributed by atoms with Crippen LogP contribution in [0.3, 0.4) is 0 Å². The molecule has 0 unspecified atom stereocenters. The highest BCUT2D eigenvalue weighted by Gasteiger charge is 2.38. The summed E-state index contributed by atoms with van der Waals surface area (Å²) in [6.45, 7) is 28.9. The van der Waals surface area contributed by atoms with Gasteiger partial charge in [0.05, 0.1) is 0 Å². The minimum Gasteiger partial charge on any atom is -0.0613 e. The number of hydrogen-bond acceptors (Lipinski definition) is 0. The van der Waals surface area contributed by atoms with Crippen LogP contribution in [0.2, 0.25) is 0 Å². The molecule has 0 amide bonds. The third kappa shape index (κ3) is 4.55. The van der Waals surface area contributed by atoms with E-state index in [1.807, 2.05) is 0 Å². The number of benzene rings is 7. The SMILES string of the molecule is CC(C)(C)c1c(C(C)(C)C)c(C(C)(C)C)c2c(C(C)(C)C)cccc2c1-c1cc2cccc3c4cccc5cccc(c(c1)c23)c54. The van der Waals surface area contributed by atoms with E-state index in [-0.39, 0.29) is 21.7 Å². The molecule has 0 aliphatic heterocycles. The van der Waals surface area contributed by atoms with E-state index in [0.717, 1.165) is 0 Å². The van der Waals surface area contributed by atoms with Gasteiger partial charge < -0.3 is 0 Å². The van der Waals surface area contributed by atoms with Crippen LogP contribution in [0.25, 0.3) is 65.0 Å². The molecule has 0 nitrogen and oxygen atoms in total. The number of rotatable bonds is 1. The molecular weight excluding hydrogens is 553 g/mol. The average molecular weight is 603 g/mol. The Balaban J connectivity index is 1.79. The summed E-state index contributed by atoms with van der Waals surface area (Å²) in [6.07, 6.45) is 0. The first-order valence-electron chi connectivity index (χ1n) is 17.1. The summed E-state index contributed by atoms with van der Waals surface area (Å²) in [5.74, 6) is 0. The van der Waals surface area contributed by atoms with Gasteiger partial charge in [-0.15, -0.1) is 0 Å². The second-order valence-corrected chi connectivity index (χ2v) is 17.9. The van der Waals surface area contributed by atoms with Gasteiger partial charge in [0.15, 0.2) is 0 Å². The van der Waals surface area contributed by atoms with E-state index in [1.165, 1.54) is 87.2 Å². The lowest BCUT2D eigenvalue weighted by atomic mass is 9.63. The minimum absolute atomic E-state index is 0.00117. The van der Waals surface area contributed by atoms with Crippen LogP contribution in [0.4, 0.5) is 0 Å². The van der Waals surface area contributed by atoms with E-state index in [4.69, 9.17) is 0 Å².